The van der Waals surface area contributed by atoms with Gasteiger partial charge in [0.25, 0.3) is 6.07 Å². The van der Waals surface area contributed by atoms with Crippen molar-refractivity contribution >= 4 is 5.69 Å². The number of nitrogens with zero attached hydrogens (tertiary/aromatic N) is 1. The first-order chi connectivity index (χ1) is 4.93. The molecule has 1 aromatic rings. The lowest BCUT2D eigenvalue weighted by Crippen LogP contribution is -1.57. The molecule has 50 valence electrons. The van der Waals surface area contributed by atoms with Crippen LogP contribution in [0.5, 0.6) is 0 Å². The van der Waals surface area contributed by atoms with Crippen molar-refractivity contribution in [2.45, 2.75) is 13.3 Å². The van der Waals surface area contributed by atoms with Crippen molar-refractivity contribution in [3.63, 3.8) is 0 Å². The van der Waals surface area contributed by atoms with Gasteiger partial charge in [0.15, 0.2) is 0 Å². The molecule has 0 heterocycles. The smallest absolute Gasteiger partial charge is 0.0617 e. The van der Waals surface area contributed by atoms with E-state index in [9.17, 15) is 0 Å². The number of hydrogen-bond acceptors (Lipinski definition) is 0. The Morgan fingerprint density at radius 2 is 2.00 bits per heavy atom. The summed E-state index contributed by atoms with van der Waals surface area (Å²) >= 11 is 0. The van der Waals surface area contributed by atoms with Crippen LogP contribution in [0.3, 0.4) is 0 Å². The summed E-state index contributed by atoms with van der Waals surface area (Å²) < 4.78 is 0. The molecular weight excluding hydrogens is 122 g/mol. The molecule has 0 bridgehead atoms. The summed E-state index contributed by atoms with van der Waals surface area (Å²) in [5, 5.41) is 0. The zero-order valence-electron chi connectivity index (χ0n) is 6.04. The summed E-state index contributed by atoms with van der Waals surface area (Å²) in [5.74, 6) is 0. The van der Waals surface area contributed by atoms with Gasteiger partial charge >= 0.3 is 5.69 Å². The maximum Gasteiger partial charge on any atom is 0.340 e. The van der Waals surface area contributed by atoms with Crippen molar-refractivity contribution in [1.29, 1.82) is 0 Å². The molecule has 0 N–H and O–H groups in total. The van der Waals surface area contributed by atoms with Crippen molar-refractivity contribution in [1.82, 2.24) is 0 Å². The first-order valence-electron chi connectivity index (χ1n) is 3.42. The zero-order valence-corrected chi connectivity index (χ0v) is 6.04. The molecule has 0 unspecified atom stereocenters. The van der Waals surface area contributed by atoms with Crippen molar-refractivity contribution < 1.29 is 0 Å². The molecule has 0 fully saturated rings. The average Bonchev–Trinajstić information content (AvgIpc) is 2.03. The van der Waals surface area contributed by atoms with Gasteiger partial charge in [-0.3, -0.25) is 0 Å². The lowest BCUT2D eigenvalue weighted by Gasteiger charge is -1.72. The number of rotatable bonds is 0. The normalized spacial score (nSPS) is 8.10. The molecule has 0 aliphatic heterocycles. The van der Waals surface area contributed by atoms with Crippen molar-refractivity contribution in [2.75, 3.05) is 0 Å². The first kappa shape index (κ1) is 6.82. The zero-order chi connectivity index (χ0) is 7.23. The predicted molar refractivity (Wildman–Crippen MR) is 43.6 cm³/mol. The molecule has 0 amide bonds. The fourth-order valence-electron chi connectivity index (χ4n) is 0.673. The van der Waals surface area contributed by atoms with Crippen molar-refractivity contribution in [3.8, 4) is 6.07 Å². The number of hydrogen-bond donors (Lipinski definition) is 0. The van der Waals surface area contributed by atoms with Gasteiger partial charge in [0, 0.05) is 12.1 Å². The second-order valence-corrected chi connectivity index (χ2v) is 1.96. The summed E-state index contributed by atoms with van der Waals surface area (Å²) in [5.41, 5.74) is 0.976. The molecule has 0 aliphatic rings. The Kier molecular flexibility index (Phi) is 2.51. The first-order valence-corrected chi connectivity index (χ1v) is 3.42. The van der Waals surface area contributed by atoms with Crippen LogP contribution in [-0.2, 0) is 0 Å². The summed E-state index contributed by atoms with van der Waals surface area (Å²) in [4.78, 5) is 4.07. The SMILES string of the molecule is CCC#[N+]c1ccccc1. The van der Waals surface area contributed by atoms with Gasteiger partial charge in [-0.05, 0) is 11.8 Å². The third-order valence-corrected chi connectivity index (χ3v) is 1.12. The lowest BCUT2D eigenvalue weighted by molar-refractivity contribution is 1.27. The van der Waals surface area contributed by atoms with E-state index in [0.717, 1.165) is 12.1 Å². The van der Waals surface area contributed by atoms with Crippen LogP contribution in [0, 0.1) is 6.07 Å². The van der Waals surface area contributed by atoms with Crippen LogP contribution in [0.2, 0.25) is 0 Å². The third-order valence-electron chi connectivity index (χ3n) is 1.12. The second-order valence-electron chi connectivity index (χ2n) is 1.96. The lowest BCUT2D eigenvalue weighted by atomic mass is 10.3. The highest BCUT2D eigenvalue weighted by Crippen LogP contribution is 2.08. The maximum absolute atomic E-state index is 4.07. The van der Waals surface area contributed by atoms with Gasteiger partial charge in [0.1, 0.15) is 0 Å². The minimum Gasteiger partial charge on any atom is -0.0617 e. The molecule has 1 heteroatoms. The molecule has 0 aliphatic carbocycles. The topological polar surface area (TPSA) is 4.36 Å². The minimum absolute atomic E-state index is 0.870. The van der Waals surface area contributed by atoms with Gasteiger partial charge in [0.2, 0.25) is 0 Å². The molecule has 1 nitrogen and oxygen atoms in total. The molecule has 0 saturated carbocycles. The Balaban J connectivity index is 2.76. The van der Waals surface area contributed by atoms with Crippen LogP contribution >= 0.6 is 0 Å². The van der Waals surface area contributed by atoms with Crippen molar-refractivity contribution in [3.05, 3.63) is 35.2 Å². The second kappa shape index (κ2) is 3.68. The predicted octanol–water partition coefficient (Wildman–Crippen LogP) is 3.06. The van der Waals surface area contributed by atoms with Crippen LogP contribution in [0.25, 0.3) is 4.85 Å². The van der Waals surface area contributed by atoms with Crippen LogP contribution in [-0.4, -0.2) is 0 Å². The van der Waals surface area contributed by atoms with E-state index in [1.165, 1.54) is 0 Å². The molecule has 0 aromatic heterocycles. The third kappa shape index (κ3) is 1.91. The highest BCUT2D eigenvalue weighted by Gasteiger charge is 1.93. The Morgan fingerprint density at radius 1 is 1.30 bits per heavy atom. The summed E-state index contributed by atoms with van der Waals surface area (Å²) in [7, 11) is 0. The van der Waals surface area contributed by atoms with E-state index in [4.69, 9.17) is 0 Å². The molecule has 0 atom stereocenters. The summed E-state index contributed by atoms with van der Waals surface area (Å²) in [6.07, 6.45) is 0.870. The van der Waals surface area contributed by atoms with Gasteiger partial charge < -0.3 is 0 Å². The van der Waals surface area contributed by atoms with E-state index in [2.05, 4.69) is 10.9 Å². The fraction of sp³-hybridized carbons (Fsp3) is 0.222. The Bertz CT molecular complexity index is 240. The number of benzene rings is 1. The van der Waals surface area contributed by atoms with Crippen LogP contribution in [0.15, 0.2) is 30.3 Å². The quantitative estimate of drug-likeness (QED) is 0.511. The van der Waals surface area contributed by atoms with Crippen LogP contribution in [0.1, 0.15) is 13.3 Å². The van der Waals surface area contributed by atoms with Crippen LogP contribution < -0.4 is 0 Å². The highest BCUT2D eigenvalue weighted by molar-refractivity contribution is 5.44. The summed E-state index contributed by atoms with van der Waals surface area (Å²) in [6, 6.07) is 12.7. The molecule has 0 saturated heterocycles. The Hall–Kier alpha value is -1.29. The van der Waals surface area contributed by atoms with Gasteiger partial charge in [-0.25, -0.2) is 0 Å². The van der Waals surface area contributed by atoms with E-state index in [-0.39, 0.29) is 0 Å². The molecule has 10 heavy (non-hydrogen) atoms. The molecule has 0 radical (unpaired) electrons. The van der Waals surface area contributed by atoms with E-state index in [0.29, 0.717) is 0 Å². The minimum atomic E-state index is 0.870. The van der Waals surface area contributed by atoms with E-state index >= 15 is 0 Å². The van der Waals surface area contributed by atoms with Gasteiger partial charge in [-0.1, -0.05) is 18.2 Å². The average molecular weight is 132 g/mol. The van der Waals surface area contributed by atoms with Gasteiger partial charge in [-0.2, -0.15) is 0 Å². The number of para-hydroxylation sites is 1. The molecular formula is C9H10N+. The van der Waals surface area contributed by atoms with Crippen molar-refractivity contribution in [2.24, 2.45) is 0 Å². The monoisotopic (exact) mass is 132 g/mol. The van der Waals surface area contributed by atoms with E-state index in [1.54, 1.807) is 0 Å². The molecule has 1 rings (SSSR count). The maximum atomic E-state index is 4.07. The van der Waals surface area contributed by atoms with Gasteiger partial charge in [-0.15, -0.1) is 0 Å². The fourth-order valence-corrected chi connectivity index (χ4v) is 0.673. The summed E-state index contributed by atoms with van der Waals surface area (Å²) in [6.45, 7) is 2.02. The highest BCUT2D eigenvalue weighted by atomic mass is 14.6. The molecule has 1 aromatic carbocycles. The van der Waals surface area contributed by atoms with E-state index in [1.807, 2.05) is 37.3 Å². The standard InChI is InChI=1S/C9H10N/c1-2-8-10-9-6-4-3-5-7-9/h3-7H,2H2,1H3/q+1. The van der Waals surface area contributed by atoms with Gasteiger partial charge in [0.05, 0.1) is 6.42 Å². The largest absolute Gasteiger partial charge is 0.340 e. The van der Waals surface area contributed by atoms with Crippen LogP contribution in [0.4, 0.5) is 5.69 Å². The molecule has 0 spiro atoms. The Morgan fingerprint density at radius 3 is 2.60 bits per heavy atom. The Labute approximate surface area is 61.1 Å². The van der Waals surface area contributed by atoms with E-state index < -0.39 is 0 Å².